The first-order valence-electron chi connectivity index (χ1n) is 8.07. The Bertz CT molecular complexity index is 907. The van der Waals surface area contributed by atoms with E-state index >= 15 is 0 Å². The highest BCUT2D eigenvalue weighted by Gasteiger charge is 2.21. The molecule has 0 unspecified atom stereocenters. The van der Waals surface area contributed by atoms with Gasteiger partial charge < -0.3 is 10.3 Å². The van der Waals surface area contributed by atoms with E-state index in [1.54, 1.807) is 12.1 Å². The van der Waals surface area contributed by atoms with E-state index in [-0.39, 0.29) is 0 Å². The van der Waals surface area contributed by atoms with Crippen LogP contribution in [0.3, 0.4) is 0 Å². The predicted molar refractivity (Wildman–Crippen MR) is 88.7 cm³/mol. The molecule has 2 aromatic carbocycles. The summed E-state index contributed by atoms with van der Waals surface area (Å²) in [6.07, 6.45) is 4.99. The predicted octanol–water partition coefficient (Wildman–Crippen LogP) is 4.02. The van der Waals surface area contributed by atoms with Crippen LogP contribution in [-0.2, 0) is 6.54 Å². The summed E-state index contributed by atoms with van der Waals surface area (Å²) in [4.78, 5) is 11.8. The maximum atomic E-state index is 13.7. The van der Waals surface area contributed by atoms with Crippen molar-refractivity contribution in [1.82, 2.24) is 4.57 Å². The van der Waals surface area contributed by atoms with Crippen molar-refractivity contribution in [2.24, 2.45) is 11.7 Å². The van der Waals surface area contributed by atoms with Crippen molar-refractivity contribution in [2.45, 2.75) is 32.2 Å². The Labute approximate surface area is 133 Å². The van der Waals surface area contributed by atoms with Crippen LogP contribution < -0.4 is 5.73 Å². The SMILES string of the molecule is NC(=O)c1cccc2c1c1[c]c(F)ccc1n2CC1CCCC1. The van der Waals surface area contributed by atoms with Crippen molar-refractivity contribution in [3.8, 4) is 0 Å². The Balaban J connectivity index is 2.02. The van der Waals surface area contributed by atoms with Crippen molar-refractivity contribution in [3.05, 3.63) is 47.8 Å². The molecule has 4 heteroatoms. The van der Waals surface area contributed by atoms with Gasteiger partial charge in [-0.05, 0) is 43.0 Å². The minimum absolute atomic E-state index is 0.420. The van der Waals surface area contributed by atoms with Crippen LogP contribution in [0.4, 0.5) is 4.39 Å². The second-order valence-corrected chi connectivity index (χ2v) is 6.39. The summed E-state index contributed by atoms with van der Waals surface area (Å²) in [7, 11) is 0. The number of hydrogen-bond donors (Lipinski definition) is 1. The molecule has 0 atom stereocenters. The first-order chi connectivity index (χ1) is 11.1. The summed E-state index contributed by atoms with van der Waals surface area (Å²) < 4.78 is 15.9. The largest absolute Gasteiger partial charge is 0.366 e. The van der Waals surface area contributed by atoms with Crippen molar-refractivity contribution in [2.75, 3.05) is 0 Å². The average molecular weight is 309 g/mol. The molecule has 117 valence electrons. The van der Waals surface area contributed by atoms with E-state index in [2.05, 4.69) is 10.6 Å². The number of carbonyl (C=O) groups excluding carboxylic acids is 1. The molecule has 4 rings (SSSR count). The molecule has 1 aromatic heterocycles. The van der Waals surface area contributed by atoms with Crippen molar-refractivity contribution in [1.29, 1.82) is 0 Å². The minimum Gasteiger partial charge on any atom is -0.366 e. The second kappa shape index (κ2) is 5.37. The van der Waals surface area contributed by atoms with Crippen LogP contribution in [0.5, 0.6) is 0 Å². The van der Waals surface area contributed by atoms with Gasteiger partial charge in [0.1, 0.15) is 5.82 Å². The highest BCUT2D eigenvalue weighted by atomic mass is 19.1. The fraction of sp³-hybridized carbons (Fsp3) is 0.316. The minimum atomic E-state index is -0.492. The van der Waals surface area contributed by atoms with Crippen molar-refractivity contribution in [3.63, 3.8) is 0 Å². The topological polar surface area (TPSA) is 48.0 Å². The summed E-state index contributed by atoms with van der Waals surface area (Å²) in [5.41, 5.74) is 7.81. The molecule has 1 heterocycles. The highest BCUT2D eigenvalue weighted by Crippen LogP contribution is 2.35. The number of nitrogens with zero attached hydrogens (tertiary/aromatic N) is 1. The lowest BCUT2D eigenvalue weighted by molar-refractivity contribution is 0.100. The van der Waals surface area contributed by atoms with E-state index in [0.717, 1.165) is 17.6 Å². The monoisotopic (exact) mass is 309 g/mol. The Morgan fingerprint density at radius 2 is 2.00 bits per heavy atom. The van der Waals surface area contributed by atoms with E-state index in [0.29, 0.717) is 22.3 Å². The number of hydrogen-bond acceptors (Lipinski definition) is 1. The van der Waals surface area contributed by atoms with E-state index in [1.165, 1.54) is 31.7 Å². The number of aromatic nitrogens is 1. The molecule has 0 bridgehead atoms. The molecular weight excluding hydrogens is 291 g/mol. The van der Waals surface area contributed by atoms with E-state index in [9.17, 15) is 9.18 Å². The van der Waals surface area contributed by atoms with Crippen molar-refractivity contribution < 1.29 is 9.18 Å². The fourth-order valence-corrected chi connectivity index (χ4v) is 3.89. The molecule has 23 heavy (non-hydrogen) atoms. The van der Waals surface area contributed by atoms with Gasteiger partial charge in [-0.1, -0.05) is 18.9 Å². The zero-order valence-electron chi connectivity index (χ0n) is 12.8. The van der Waals surface area contributed by atoms with Crippen LogP contribution in [0.2, 0.25) is 0 Å². The third-order valence-electron chi connectivity index (χ3n) is 4.94. The second-order valence-electron chi connectivity index (χ2n) is 6.39. The normalized spacial score (nSPS) is 15.7. The van der Waals surface area contributed by atoms with Crippen LogP contribution in [0.15, 0.2) is 30.3 Å². The standard InChI is InChI=1S/C19H18FN2O/c20-13-8-9-16-15(10-13)18-14(19(21)23)6-3-7-17(18)22(16)11-12-4-1-2-5-12/h3,6-9,12H,1-2,4-5,11H2,(H2,21,23). The number of benzene rings is 2. The number of nitrogens with two attached hydrogens (primary N) is 1. The first kappa shape index (κ1) is 14.2. The molecule has 3 nitrogen and oxygen atoms in total. The van der Waals surface area contributed by atoms with E-state index in [1.807, 2.05) is 12.1 Å². The van der Waals surface area contributed by atoms with Gasteiger partial charge in [-0.3, -0.25) is 4.79 Å². The fourth-order valence-electron chi connectivity index (χ4n) is 3.89. The molecule has 1 fully saturated rings. The van der Waals surface area contributed by atoms with Gasteiger partial charge in [0.2, 0.25) is 5.91 Å². The van der Waals surface area contributed by atoms with Crippen LogP contribution in [0.1, 0.15) is 36.0 Å². The summed E-state index contributed by atoms with van der Waals surface area (Å²) >= 11 is 0. The highest BCUT2D eigenvalue weighted by molar-refractivity contribution is 6.17. The zero-order valence-corrected chi connectivity index (χ0v) is 12.8. The third-order valence-corrected chi connectivity index (χ3v) is 4.94. The van der Waals surface area contributed by atoms with Gasteiger partial charge in [0.25, 0.3) is 0 Å². The molecular formula is C19H18FN2O. The molecule has 2 N–H and O–H groups in total. The summed E-state index contributed by atoms with van der Waals surface area (Å²) in [5, 5.41) is 1.36. The first-order valence-corrected chi connectivity index (χ1v) is 8.07. The lowest BCUT2D eigenvalue weighted by atomic mass is 10.1. The molecule has 1 amide bonds. The van der Waals surface area contributed by atoms with Gasteiger partial charge in [-0.2, -0.15) is 0 Å². The molecule has 1 aliphatic rings. The van der Waals surface area contributed by atoms with Crippen LogP contribution in [0.25, 0.3) is 21.8 Å². The maximum Gasteiger partial charge on any atom is 0.249 e. The lowest BCUT2D eigenvalue weighted by Gasteiger charge is -2.13. The van der Waals surface area contributed by atoms with Crippen molar-refractivity contribution >= 4 is 27.7 Å². The Morgan fingerprint density at radius 1 is 1.22 bits per heavy atom. The van der Waals surface area contributed by atoms with Gasteiger partial charge in [-0.25, -0.2) is 4.39 Å². The van der Waals surface area contributed by atoms with Crippen LogP contribution in [0, 0.1) is 17.8 Å². The van der Waals surface area contributed by atoms with E-state index in [4.69, 9.17) is 5.73 Å². The van der Waals surface area contributed by atoms with E-state index < -0.39 is 11.7 Å². The number of fused-ring (bicyclic) bond motifs is 3. The molecule has 3 aromatic rings. The molecule has 0 aliphatic heterocycles. The van der Waals surface area contributed by atoms with Crippen LogP contribution in [-0.4, -0.2) is 10.5 Å². The smallest absolute Gasteiger partial charge is 0.249 e. The Kier molecular flexibility index (Phi) is 3.33. The summed E-state index contributed by atoms with van der Waals surface area (Å²) in [5.74, 6) is -0.277. The van der Waals surface area contributed by atoms with Gasteiger partial charge >= 0.3 is 0 Å². The molecule has 1 radical (unpaired) electrons. The van der Waals surface area contributed by atoms with Crippen LogP contribution >= 0.6 is 0 Å². The number of halogens is 1. The maximum absolute atomic E-state index is 13.7. The van der Waals surface area contributed by atoms with Gasteiger partial charge in [0.15, 0.2) is 0 Å². The Morgan fingerprint density at radius 3 is 2.74 bits per heavy atom. The lowest BCUT2D eigenvalue weighted by Crippen LogP contribution is -2.11. The summed E-state index contributed by atoms with van der Waals surface area (Å²) in [6, 6.07) is 11.5. The Hall–Kier alpha value is -2.36. The molecule has 1 aliphatic carbocycles. The third kappa shape index (κ3) is 2.29. The molecule has 1 saturated carbocycles. The number of carbonyl (C=O) groups is 1. The van der Waals surface area contributed by atoms with Gasteiger partial charge in [-0.15, -0.1) is 0 Å². The quantitative estimate of drug-likeness (QED) is 0.780. The molecule has 0 spiro atoms. The van der Waals surface area contributed by atoms with Gasteiger partial charge in [0, 0.05) is 40.0 Å². The molecule has 0 saturated heterocycles. The average Bonchev–Trinajstić information content (AvgIpc) is 3.14. The summed E-state index contributed by atoms with van der Waals surface area (Å²) in [6.45, 7) is 0.891. The van der Waals surface area contributed by atoms with Gasteiger partial charge in [0.05, 0.1) is 0 Å². The zero-order chi connectivity index (χ0) is 16.0. The number of rotatable bonds is 3. The number of primary amides is 1. The number of amides is 1.